The van der Waals surface area contributed by atoms with Gasteiger partial charge in [0.05, 0.1) is 7.11 Å². The molecule has 0 aliphatic carbocycles. The van der Waals surface area contributed by atoms with Crippen LogP contribution in [0.5, 0.6) is 5.88 Å². The number of halogens is 1. The van der Waals surface area contributed by atoms with Gasteiger partial charge in [0.2, 0.25) is 5.88 Å². The maximum absolute atomic E-state index is 5.74. The molecule has 0 unspecified atom stereocenters. The fourth-order valence-corrected chi connectivity index (χ4v) is 1.83. The standard InChI is InChI=1S/C11H18ClN3O/c1-8-13-9(7-10(14-8)16-4)15-11(2,3)5-6-12/h7H,5-6H2,1-4H3,(H,13,14,15). The molecule has 0 radical (unpaired) electrons. The first-order valence-electron chi connectivity index (χ1n) is 5.20. The quantitative estimate of drug-likeness (QED) is 0.808. The molecule has 1 rings (SSSR count). The number of aryl methyl sites for hydroxylation is 1. The molecular weight excluding hydrogens is 226 g/mol. The summed E-state index contributed by atoms with van der Waals surface area (Å²) >= 11 is 5.74. The molecule has 0 bridgehead atoms. The highest BCUT2D eigenvalue weighted by Gasteiger charge is 2.17. The van der Waals surface area contributed by atoms with Crippen molar-refractivity contribution in [1.29, 1.82) is 0 Å². The van der Waals surface area contributed by atoms with Crippen molar-refractivity contribution in [2.45, 2.75) is 32.7 Å². The van der Waals surface area contributed by atoms with E-state index in [2.05, 4.69) is 29.1 Å². The second kappa shape index (κ2) is 5.34. The second-order valence-electron chi connectivity index (χ2n) is 4.29. The first-order chi connectivity index (χ1) is 7.46. The number of nitrogens with zero attached hydrogens (tertiary/aromatic N) is 2. The molecule has 1 aromatic rings. The smallest absolute Gasteiger partial charge is 0.218 e. The Labute approximate surface area is 101 Å². The minimum absolute atomic E-state index is 0.0897. The molecule has 0 aliphatic rings. The van der Waals surface area contributed by atoms with Crippen molar-refractivity contribution in [2.75, 3.05) is 18.3 Å². The molecule has 1 N–H and O–H groups in total. The van der Waals surface area contributed by atoms with Crippen molar-refractivity contribution < 1.29 is 4.74 Å². The Kier molecular flexibility index (Phi) is 4.35. The molecule has 1 aromatic heterocycles. The molecule has 0 aromatic carbocycles. The van der Waals surface area contributed by atoms with Crippen LogP contribution in [-0.4, -0.2) is 28.5 Å². The monoisotopic (exact) mass is 243 g/mol. The van der Waals surface area contributed by atoms with Crippen LogP contribution in [0.25, 0.3) is 0 Å². The van der Waals surface area contributed by atoms with Gasteiger partial charge in [0.15, 0.2) is 0 Å². The van der Waals surface area contributed by atoms with E-state index >= 15 is 0 Å². The van der Waals surface area contributed by atoms with Crippen molar-refractivity contribution in [3.63, 3.8) is 0 Å². The molecule has 0 atom stereocenters. The summed E-state index contributed by atoms with van der Waals surface area (Å²) in [5.74, 6) is 2.63. The third-order valence-corrected chi connectivity index (χ3v) is 2.40. The number of ether oxygens (including phenoxy) is 1. The van der Waals surface area contributed by atoms with Crippen LogP contribution in [0, 0.1) is 6.92 Å². The van der Waals surface area contributed by atoms with Crippen LogP contribution in [0.3, 0.4) is 0 Å². The fourth-order valence-electron chi connectivity index (χ4n) is 1.35. The molecule has 0 aliphatic heterocycles. The zero-order valence-electron chi connectivity index (χ0n) is 10.2. The zero-order valence-corrected chi connectivity index (χ0v) is 10.9. The third kappa shape index (κ3) is 3.85. The van der Waals surface area contributed by atoms with Gasteiger partial charge >= 0.3 is 0 Å². The Balaban J connectivity index is 2.84. The van der Waals surface area contributed by atoms with Crippen molar-refractivity contribution in [1.82, 2.24) is 9.97 Å². The lowest BCUT2D eigenvalue weighted by Gasteiger charge is -2.26. The van der Waals surface area contributed by atoms with E-state index in [-0.39, 0.29) is 5.54 Å². The molecule has 0 saturated carbocycles. The number of anilines is 1. The lowest BCUT2D eigenvalue weighted by Crippen LogP contribution is -2.31. The van der Waals surface area contributed by atoms with E-state index in [9.17, 15) is 0 Å². The predicted octanol–water partition coefficient (Wildman–Crippen LogP) is 2.61. The van der Waals surface area contributed by atoms with E-state index in [0.717, 1.165) is 12.2 Å². The van der Waals surface area contributed by atoms with Gasteiger partial charge < -0.3 is 10.1 Å². The summed E-state index contributed by atoms with van der Waals surface area (Å²) in [4.78, 5) is 8.43. The van der Waals surface area contributed by atoms with Gasteiger partial charge in [-0.25, -0.2) is 4.98 Å². The van der Waals surface area contributed by atoms with Crippen LogP contribution in [0.1, 0.15) is 26.1 Å². The molecule has 16 heavy (non-hydrogen) atoms. The number of aromatic nitrogens is 2. The highest BCUT2D eigenvalue weighted by molar-refractivity contribution is 6.17. The van der Waals surface area contributed by atoms with Gasteiger partial charge in [0, 0.05) is 17.5 Å². The van der Waals surface area contributed by atoms with Gasteiger partial charge in [-0.15, -0.1) is 11.6 Å². The van der Waals surface area contributed by atoms with Crippen LogP contribution in [0.4, 0.5) is 5.82 Å². The van der Waals surface area contributed by atoms with Crippen LogP contribution < -0.4 is 10.1 Å². The van der Waals surface area contributed by atoms with E-state index in [1.807, 2.05) is 6.92 Å². The third-order valence-electron chi connectivity index (χ3n) is 2.21. The van der Waals surface area contributed by atoms with E-state index in [0.29, 0.717) is 17.6 Å². The fraction of sp³-hybridized carbons (Fsp3) is 0.636. The van der Waals surface area contributed by atoms with E-state index in [1.54, 1.807) is 13.2 Å². The summed E-state index contributed by atoms with van der Waals surface area (Å²) in [6.45, 7) is 6.00. The van der Waals surface area contributed by atoms with Gasteiger partial charge in [0.1, 0.15) is 11.6 Å². The Morgan fingerprint density at radius 3 is 2.69 bits per heavy atom. The molecule has 0 fully saturated rings. The summed E-state index contributed by atoms with van der Waals surface area (Å²) in [6, 6.07) is 1.78. The molecule has 0 spiro atoms. The Morgan fingerprint density at radius 2 is 2.12 bits per heavy atom. The lowest BCUT2D eigenvalue weighted by atomic mass is 10.0. The van der Waals surface area contributed by atoms with E-state index < -0.39 is 0 Å². The highest BCUT2D eigenvalue weighted by Crippen LogP contribution is 2.19. The summed E-state index contributed by atoms with van der Waals surface area (Å²) in [6.07, 6.45) is 0.861. The summed E-state index contributed by atoms with van der Waals surface area (Å²) < 4.78 is 5.09. The largest absolute Gasteiger partial charge is 0.481 e. The molecule has 90 valence electrons. The van der Waals surface area contributed by atoms with Crippen molar-refractivity contribution in [3.05, 3.63) is 11.9 Å². The van der Waals surface area contributed by atoms with Gasteiger partial charge in [-0.3, -0.25) is 0 Å². The van der Waals surface area contributed by atoms with Crippen LogP contribution in [0.2, 0.25) is 0 Å². The van der Waals surface area contributed by atoms with Gasteiger partial charge in [-0.2, -0.15) is 4.98 Å². The average molecular weight is 244 g/mol. The molecule has 5 heteroatoms. The van der Waals surface area contributed by atoms with Crippen LogP contribution >= 0.6 is 11.6 Å². The van der Waals surface area contributed by atoms with Crippen molar-refractivity contribution in [3.8, 4) is 5.88 Å². The zero-order chi connectivity index (χ0) is 12.2. The number of nitrogens with one attached hydrogen (secondary N) is 1. The predicted molar refractivity (Wildman–Crippen MR) is 66.4 cm³/mol. The average Bonchev–Trinajstić information content (AvgIpc) is 2.15. The highest BCUT2D eigenvalue weighted by atomic mass is 35.5. The number of alkyl halides is 1. The van der Waals surface area contributed by atoms with Gasteiger partial charge in [-0.1, -0.05) is 0 Å². The minimum atomic E-state index is -0.0897. The maximum atomic E-state index is 5.74. The molecule has 4 nitrogen and oxygen atoms in total. The minimum Gasteiger partial charge on any atom is -0.481 e. The van der Waals surface area contributed by atoms with Crippen molar-refractivity contribution in [2.24, 2.45) is 0 Å². The SMILES string of the molecule is COc1cc(NC(C)(C)CCCl)nc(C)n1. The normalized spacial score (nSPS) is 11.3. The number of hydrogen-bond donors (Lipinski definition) is 1. The Bertz CT molecular complexity index is 355. The first-order valence-corrected chi connectivity index (χ1v) is 5.74. The molecule has 0 saturated heterocycles. The Morgan fingerprint density at radius 1 is 1.44 bits per heavy atom. The van der Waals surface area contributed by atoms with Crippen LogP contribution in [0.15, 0.2) is 6.07 Å². The summed E-state index contributed by atoms with van der Waals surface area (Å²) in [5, 5.41) is 3.32. The van der Waals surface area contributed by atoms with E-state index in [1.165, 1.54) is 0 Å². The summed E-state index contributed by atoms with van der Waals surface area (Å²) in [5.41, 5.74) is -0.0897. The number of hydrogen-bond acceptors (Lipinski definition) is 4. The lowest BCUT2D eigenvalue weighted by molar-refractivity contribution is 0.395. The molecule has 1 heterocycles. The summed E-state index contributed by atoms with van der Waals surface area (Å²) in [7, 11) is 1.59. The Hall–Kier alpha value is -1.03. The maximum Gasteiger partial charge on any atom is 0.218 e. The van der Waals surface area contributed by atoms with Crippen molar-refractivity contribution >= 4 is 17.4 Å². The first kappa shape index (κ1) is 13.0. The number of rotatable bonds is 5. The second-order valence-corrected chi connectivity index (χ2v) is 4.67. The van der Waals surface area contributed by atoms with Gasteiger partial charge in [0.25, 0.3) is 0 Å². The number of methoxy groups -OCH3 is 1. The van der Waals surface area contributed by atoms with Gasteiger partial charge in [-0.05, 0) is 27.2 Å². The topological polar surface area (TPSA) is 47.0 Å². The molecule has 0 amide bonds. The molecular formula is C11H18ClN3O. The van der Waals surface area contributed by atoms with Crippen LogP contribution in [-0.2, 0) is 0 Å². The van der Waals surface area contributed by atoms with E-state index in [4.69, 9.17) is 16.3 Å².